The van der Waals surface area contributed by atoms with E-state index in [0.717, 1.165) is 25.7 Å². The number of carbonyl (C=O) groups excluding carboxylic acids is 1. The zero-order chi connectivity index (χ0) is 14.4. The van der Waals surface area contributed by atoms with Crippen LogP contribution in [0.3, 0.4) is 0 Å². The first-order chi connectivity index (χ1) is 9.41. The highest BCUT2D eigenvalue weighted by Crippen LogP contribution is 2.42. The van der Waals surface area contributed by atoms with E-state index in [9.17, 15) is 4.79 Å². The van der Waals surface area contributed by atoms with Crippen LogP contribution in [0.2, 0.25) is 0 Å². The van der Waals surface area contributed by atoms with Crippen LogP contribution in [0, 0.1) is 5.92 Å². The zero-order valence-electron chi connectivity index (χ0n) is 12.5. The average molecular weight is 284 g/mol. The second-order valence-electron chi connectivity index (χ2n) is 6.60. The Morgan fingerprint density at radius 1 is 1.05 bits per heavy atom. The van der Waals surface area contributed by atoms with Crippen molar-refractivity contribution in [3.63, 3.8) is 0 Å². The Bertz CT molecular complexity index is 386. The van der Waals surface area contributed by atoms with Gasteiger partial charge in [-0.3, -0.25) is 4.79 Å². The van der Waals surface area contributed by atoms with Crippen molar-refractivity contribution in [2.75, 3.05) is 13.2 Å². The summed E-state index contributed by atoms with van der Waals surface area (Å²) >= 11 is 0. The van der Waals surface area contributed by atoms with Gasteiger partial charge in [0, 0.05) is 12.8 Å². The SMILES string of the molecule is CC(=O)[C@H]1COC2(CCCC2)O[C@@H]1[C@H]1COC(C)(C)O1. The Labute approximate surface area is 119 Å². The van der Waals surface area contributed by atoms with Crippen molar-refractivity contribution in [2.45, 2.75) is 70.2 Å². The summed E-state index contributed by atoms with van der Waals surface area (Å²) in [5.41, 5.74) is 0. The summed E-state index contributed by atoms with van der Waals surface area (Å²) in [6.07, 6.45) is 3.59. The first-order valence-electron chi connectivity index (χ1n) is 7.55. The third kappa shape index (κ3) is 2.64. The molecule has 3 fully saturated rings. The molecule has 0 unspecified atom stereocenters. The number of ketones is 1. The van der Waals surface area contributed by atoms with Crippen LogP contribution in [0.4, 0.5) is 0 Å². The van der Waals surface area contributed by atoms with E-state index in [1.807, 2.05) is 13.8 Å². The third-order valence-electron chi connectivity index (χ3n) is 4.56. The minimum absolute atomic E-state index is 0.0937. The number of ether oxygens (including phenoxy) is 4. The highest BCUT2D eigenvalue weighted by Gasteiger charge is 2.51. The van der Waals surface area contributed by atoms with Gasteiger partial charge in [0.1, 0.15) is 18.0 Å². The van der Waals surface area contributed by atoms with E-state index >= 15 is 0 Å². The van der Waals surface area contributed by atoms with Crippen molar-refractivity contribution in [3.05, 3.63) is 0 Å². The predicted molar refractivity (Wildman–Crippen MR) is 71.1 cm³/mol. The Hall–Kier alpha value is -0.490. The van der Waals surface area contributed by atoms with Gasteiger partial charge in [-0.15, -0.1) is 0 Å². The Morgan fingerprint density at radius 3 is 2.30 bits per heavy atom. The van der Waals surface area contributed by atoms with Gasteiger partial charge in [0.2, 0.25) is 0 Å². The lowest BCUT2D eigenvalue weighted by atomic mass is 9.92. The number of Topliss-reactive ketones (excluding diaryl/α,β-unsaturated/α-hetero) is 1. The molecule has 2 saturated heterocycles. The van der Waals surface area contributed by atoms with E-state index < -0.39 is 11.6 Å². The summed E-state index contributed by atoms with van der Waals surface area (Å²) in [5, 5.41) is 0. The molecule has 3 aliphatic rings. The molecule has 3 rings (SSSR count). The molecule has 0 aromatic rings. The molecule has 2 aliphatic heterocycles. The summed E-state index contributed by atoms with van der Waals surface area (Å²) < 4.78 is 23.7. The summed E-state index contributed by atoms with van der Waals surface area (Å²) in [6.45, 7) is 6.27. The Morgan fingerprint density at radius 2 is 1.75 bits per heavy atom. The maximum atomic E-state index is 11.9. The molecule has 0 aromatic heterocycles. The standard InChI is InChI=1S/C15H24O5/c1-10(16)11-8-18-15(6-4-5-7-15)20-13(11)12-9-17-14(2,3)19-12/h11-13H,4-9H2,1-3H3/t11-,12-,13+/m1/s1. The lowest BCUT2D eigenvalue weighted by Gasteiger charge is -2.43. The van der Waals surface area contributed by atoms with Crippen LogP contribution in [0.15, 0.2) is 0 Å². The van der Waals surface area contributed by atoms with Crippen LogP contribution in [-0.2, 0) is 23.7 Å². The summed E-state index contributed by atoms with van der Waals surface area (Å²) in [6, 6.07) is 0. The molecule has 0 radical (unpaired) electrons. The van der Waals surface area contributed by atoms with Gasteiger partial charge in [0.25, 0.3) is 0 Å². The van der Waals surface area contributed by atoms with Gasteiger partial charge >= 0.3 is 0 Å². The molecule has 5 heteroatoms. The second kappa shape index (κ2) is 5.05. The van der Waals surface area contributed by atoms with Gasteiger partial charge < -0.3 is 18.9 Å². The Kier molecular flexibility index (Phi) is 3.65. The molecule has 0 N–H and O–H groups in total. The average Bonchev–Trinajstić information content (AvgIpc) is 2.96. The number of hydrogen-bond donors (Lipinski definition) is 0. The van der Waals surface area contributed by atoms with Crippen molar-refractivity contribution < 1.29 is 23.7 Å². The molecule has 0 bridgehead atoms. The van der Waals surface area contributed by atoms with Gasteiger partial charge in [-0.1, -0.05) is 0 Å². The number of rotatable bonds is 2. The molecule has 2 heterocycles. The molecule has 5 nitrogen and oxygen atoms in total. The van der Waals surface area contributed by atoms with Crippen molar-refractivity contribution >= 4 is 5.78 Å². The number of carbonyl (C=O) groups is 1. The maximum Gasteiger partial charge on any atom is 0.168 e. The normalized spacial score (nSPS) is 39.2. The Balaban J connectivity index is 1.77. The molecule has 1 spiro atoms. The zero-order valence-corrected chi connectivity index (χ0v) is 12.5. The van der Waals surface area contributed by atoms with Crippen LogP contribution < -0.4 is 0 Å². The highest BCUT2D eigenvalue weighted by atomic mass is 16.8. The lowest BCUT2D eigenvalue weighted by molar-refractivity contribution is -0.319. The molecule has 1 aliphatic carbocycles. The van der Waals surface area contributed by atoms with E-state index in [2.05, 4.69) is 0 Å². The third-order valence-corrected chi connectivity index (χ3v) is 4.56. The molecule has 20 heavy (non-hydrogen) atoms. The summed E-state index contributed by atoms with van der Waals surface area (Å²) in [4.78, 5) is 11.9. The van der Waals surface area contributed by atoms with E-state index in [1.54, 1.807) is 6.92 Å². The largest absolute Gasteiger partial charge is 0.349 e. The molecule has 0 aromatic carbocycles. The van der Waals surface area contributed by atoms with E-state index in [1.165, 1.54) is 0 Å². The van der Waals surface area contributed by atoms with Crippen LogP contribution in [0.1, 0.15) is 46.5 Å². The quantitative estimate of drug-likeness (QED) is 0.776. The van der Waals surface area contributed by atoms with Crippen molar-refractivity contribution in [1.29, 1.82) is 0 Å². The minimum atomic E-state index is -0.601. The number of hydrogen-bond acceptors (Lipinski definition) is 5. The van der Waals surface area contributed by atoms with Crippen LogP contribution in [0.25, 0.3) is 0 Å². The van der Waals surface area contributed by atoms with E-state index in [4.69, 9.17) is 18.9 Å². The van der Waals surface area contributed by atoms with Gasteiger partial charge in [-0.05, 0) is 33.6 Å². The monoisotopic (exact) mass is 284 g/mol. The van der Waals surface area contributed by atoms with Gasteiger partial charge in [-0.25, -0.2) is 0 Å². The fraction of sp³-hybridized carbons (Fsp3) is 0.933. The summed E-state index contributed by atoms with van der Waals surface area (Å²) in [5.74, 6) is -1.26. The van der Waals surface area contributed by atoms with Crippen molar-refractivity contribution in [1.82, 2.24) is 0 Å². The first kappa shape index (κ1) is 14.4. The predicted octanol–water partition coefficient (Wildman–Crippen LogP) is 2.03. The van der Waals surface area contributed by atoms with Crippen molar-refractivity contribution in [2.24, 2.45) is 5.92 Å². The van der Waals surface area contributed by atoms with Crippen LogP contribution >= 0.6 is 0 Å². The fourth-order valence-corrected chi connectivity index (χ4v) is 3.44. The summed E-state index contributed by atoms with van der Waals surface area (Å²) in [7, 11) is 0. The van der Waals surface area contributed by atoms with E-state index in [0.29, 0.717) is 13.2 Å². The van der Waals surface area contributed by atoms with Crippen LogP contribution in [0.5, 0.6) is 0 Å². The topological polar surface area (TPSA) is 54.0 Å². The molecular formula is C15H24O5. The molecule has 3 atom stereocenters. The first-order valence-corrected chi connectivity index (χ1v) is 7.55. The molecule has 0 amide bonds. The van der Waals surface area contributed by atoms with Gasteiger partial charge in [-0.2, -0.15) is 0 Å². The maximum absolute atomic E-state index is 11.9. The molecular weight excluding hydrogens is 260 g/mol. The van der Waals surface area contributed by atoms with E-state index in [-0.39, 0.29) is 23.9 Å². The molecule has 114 valence electrons. The second-order valence-corrected chi connectivity index (χ2v) is 6.60. The van der Waals surface area contributed by atoms with Crippen LogP contribution in [-0.4, -0.2) is 42.8 Å². The lowest BCUT2D eigenvalue weighted by Crippen LogP contribution is -2.54. The fourth-order valence-electron chi connectivity index (χ4n) is 3.44. The van der Waals surface area contributed by atoms with Gasteiger partial charge in [0.05, 0.1) is 19.1 Å². The van der Waals surface area contributed by atoms with Crippen molar-refractivity contribution in [3.8, 4) is 0 Å². The minimum Gasteiger partial charge on any atom is -0.349 e. The van der Waals surface area contributed by atoms with Gasteiger partial charge in [0.15, 0.2) is 11.6 Å². The molecule has 1 saturated carbocycles. The smallest absolute Gasteiger partial charge is 0.168 e. The highest BCUT2D eigenvalue weighted by molar-refractivity contribution is 5.79.